The van der Waals surface area contributed by atoms with Crippen LogP contribution in [-0.4, -0.2) is 12.3 Å². The predicted octanol–water partition coefficient (Wildman–Crippen LogP) is 1.68. The van der Waals surface area contributed by atoms with Crippen molar-refractivity contribution in [2.75, 3.05) is 0 Å². The van der Waals surface area contributed by atoms with Gasteiger partial charge in [-0.2, -0.15) is 0 Å². The summed E-state index contributed by atoms with van der Waals surface area (Å²) < 4.78 is 4.94. The third-order valence-electron chi connectivity index (χ3n) is 2.67. The van der Waals surface area contributed by atoms with E-state index in [1.165, 1.54) is 0 Å². The van der Waals surface area contributed by atoms with Gasteiger partial charge in [-0.3, -0.25) is 4.79 Å². The van der Waals surface area contributed by atoms with Gasteiger partial charge in [0, 0.05) is 11.8 Å². The molecule has 72 valence electrons. The average molecular weight is 182 g/mol. The van der Waals surface area contributed by atoms with Crippen LogP contribution in [0.4, 0.5) is 0 Å². The molecule has 1 heterocycles. The second kappa shape index (κ2) is 3.32. The van der Waals surface area contributed by atoms with Crippen LogP contribution in [0.5, 0.6) is 0 Å². The fraction of sp³-hybridized carbons (Fsp3) is 0.600. The number of ether oxygens (including phenoxy) is 1. The van der Waals surface area contributed by atoms with Gasteiger partial charge in [0.15, 0.2) is 0 Å². The van der Waals surface area contributed by atoms with Crippen LogP contribution in [0.3, 0.4) is 0 Å². The second-order valence-corrected chi connectivity index (χ2v) is 3.86. The Morgan fingerprint density at radius 2 is 2.23 bits per heavy atom. The molecule has 0 radical (unpaired) electrons. The normalized spacial score (nSPS) is 25.8. The van der Waals surface area contributed by atoms with Crippen LogP contribution in [0.1, 0.15) is 26.7 Å². The molecular formula is C10H14O3. The van der Waals surface area contributed by atoms with Crippen LogP contribution in [-0.2, 0) is 14.3 Å². The fourth-order valence-electron chi connectivity index (χ4n) is 1.53. The highest BCUT2D eigenvalue weighted by atomic mass is 16.5. The summed E-state index contributed by atoms with van der Waals surface area (Å²) in [5.74, 6) is 0.0375. The highest BCUT2D eigenvalue weighted by molar-refractivity contribution is 5.78. The minimum Gasteiger partial charge on any atom is -0.431 e. The minimum atomic E-state index is -0.333. The van der Waals surface area contributed by atoms with E-state index in [0.29, 0.717) is 18.6 Å². The van der Waals surface area contributed by atoms with Crippen molar-refractivity contribution in [3.8, 4) is 0 Å². The first-order chi connectivity index (χ1) is 6.00. The lowest BCUT2D eigenvalue weighted by molar-refractivity contribution is -0.139. The maximum absolute atomic E-state index is 11.3. The molecule has 1 unspecified atom stereocenters. The van der Waals surface area contributed by atoms with Crippen molar-refractivity contribution in [1.82, 2.24) is 0 Å². The van der Waals surface area contributed by atoms with Gasteiger partial charge in [-0.1, -0.05) is 20.4 Å². The summed E-state index contributed by atoms with van der Waals surface area (Å²) in [5, 5.41) is 0. The number of aldehydes is 1. The molecule has 0 bridgehead atoms. The molecule has 1 aliphatic rings. The Labute approximate surface area is 77.8 Å². The van der Waals surface area contributed by atoms with Crippen molar-refractivity contribution in [3.63, 3.8) is 0 Å². The first-order valence-corrected chi connectivity index (χ1v) is 4.35. The average Bonchev–Trinajstić information content (AvgIpc) is 2.21. The fourth-order valence-corrected chi connectivity index (χ4v) is 1.53. The Kier molecular flexibility index (Phi) is 2.55. The molecule has 1 rings (SSSR count). The van der Waals surface area contributed by atoms with Gasteiger partial charge in [-0.15, -0.1) is 0 Å². The summed E-state index contributed by atoms with van der Waals surface area (Å²) in [6.45, 7) is 7.51. The van der Waals surface area contributed by atoms with Gasteiger partial charge in [0.25, 0.3) is 0 Å². The standard InChI is InChI=1S/C10H14O3/c1-7-10(2,3)8(5-4-6-11)9(12)13-7/h6,8H,1,4-5H2,2-3H3. The van der Waals surface area contributed by atoms with Crippen LogP contribution in [0.2, 0.25) is 0 Å². The monoisotopic (exact) mass is 182 g/mol. The molecule has 1 saturated heterocycles. The molecule has 0 spiro atoms. The zero-order chi connectivity index (χ0) is 10.1. The second-order valence-electron chi connectivity index (χ2n) is 3.86. The molecule has 0 aliphatic carbocycles. The van der Waals surface area contributed by atoms with Crippen LogP contribution < -0.4 is 0 Å². The Morgan fingerprint density at radius 1 is 1.62 bits per heavy atom. The van der Waals surface area contributed by atoms with Crippen molar-refractivity contribution in [2.45, 2.75) is 26.7 Å². The van der Waals surface area contributed by atoms with E-state index < -0.39 is 0 Å². The summed E-state index contributed by atoms with van der Waals surface area (Å²) in [4.78, 5) is 21.5. The Bertz CT molecular complexity index is 253. The summed E-state index contributed by atoms with van der Waals surface area (Å²) in [6.07, 6.45) is 1.77. The van der Waals surface area contributed by atoms with E-state index in [4.69, 9.17) is 4.74 Å². The number of carbonyl (C=O) groups excluding carboxylic acids is 2. The van der Waals surface area contributed by atoms with Gasteiger partial charge < -0.3 is 9.53 Å². The number of cyclic esters (lactones) is 1. The summed E-state index contributed by atoms with van der Waals surface area (Å²) >= 11 is 0. The SMILES string of the molecule is C=C1OC(=O)C(CCC=O)C1(C)C. The Morgan fingerprint density at radius 3 is 2.62 bits per heavy atom. The molecule has 0 amide bonds. The molecule has 0 saturated carbocycles. The maximum Gasteiger partial charge on any atom is 0.315 e. The molecule has 1 atom stereocenters. The van der Waals surface area contributed by atoms with E-state index in [1.807, 2.05) is 13.8 Å². The zero-order valence-electron chi connectivity index (χ0n) is 8.00. The molecule has 1 aliphatic heterocycles. The number of hydrogen-bond donors (Lipinski definition) is 0. The van der Waals surface area contributed by atoms with Crippen molar-refractivity contribution < 1.29 is 14.3 Å². The molecule has 3 heteroatoms. The molecule has 0 N–H and O–H groups in total. The van der Waals surface area contributed by atoms with E-state index in [2.05, 4.69) is 6.58 Å². The molecule has 0 aromatic heterocycles. The molecule has 3 nitrogen and oxygen atoms in total. The number of allylic oxidation sites excluding steroid dienone is 1. The summed E-state index contributed by atoms with van der Waals surface area (Å²) in [7, 11) is 0. The topological polar surface area (TPSA) is 43.4 Å². The van der Waals surface area contributed by atoms with Gasteiger partial charge in [-0.05, 0) is 6.42 Å². The highest BCUT2D eigenvalue weighted by Crippen LogP contribution is 2.43. The van der Waals surface area contributed by atoms with Crippen LogP contribution in [0.15, 0.2) is 12.3 Å². The van der Waals surface area contributed by atoms with Gasteiger partial charge in [0.1, 0.15) is 12.0 Å². The van der Waals surface area contributed by atoms with E-state index >= 15 is 0 Å². The molecule has 1 fully saturated rings. The van der Waals surface area contributed by atoms with Gasteiger partial charge in [-0.25, -0.2) is 0 Å². The largest absolute Gasteiger partial charge is 0.431 e. The minimum absolute atomic E-state index is 0.217. The number of rotatable bonds is 3. The summed E-state index contributed by atoms with van der Waals surface area (Å²) in [5.41, 5.74) is -0.333. The van der Waals surface area contributed by atoms with E-state index in [9.17, 15) is 9.59 Å². The van der Waals surface area contributed by atoms with Gasteiger partial charge in [0.2, 0.25) is 0 Å². The van der Waals surface area contributed by atoms with Crippen molar-refractivity contribution >= 4 is 12.3 Å². The highest BCUT2D eigenvalue weighted by Gasteiger charge is 2.46. The number of carbonyl (C=O) groups is 2. The number of hydrogen-bond acceptors (Lipinski definition) is 3. The molecule has 0 aromatic rings. The third-order valence-corrected chi connectivity index (χ3v) is 2.67. The lowest BCUT2D eigenvalue weighted by atomic mass is 9.77. The van der Waals surface area contributed by atoms with Crippen molar-refractivity contribution in [3.05, 3.63) is 12.3 Å². The number of esters is 1. The maximum atomic E-state index is 11.3. The molecule has 0 aromatic carbocycles. The zero-order valence-corrected chi connectivity index (χ0v) is 8.00. The quantitative estimate of drug-likeness (QED) is 0.492. The lowest BCUT2D eigenvalue weighted by Crippen LogP contribution is -2.23. The van der Waals surface area contributed by atoms with Gasteiger partial charge >= 0.3 is 5.97 Å². The van der Waals surface area contributed by atoms with Crippen molar-refractivity contribution in [1.29, 1.82) is 0 Å². The van der Waals surface area contributed by atoms with Crippen LogP contribution in [0.25, 0.3) is 0 Å². The lowest BCUT2D eigenvalue weighted by Gasteiger charge is -2.21. The Balaban J connectivity index is 2.76. The smallest absolute Gasteiger partial charge is 0.315 e. The molecule has 13 heavy (non-hydrogen) atoms. The van der Waals surface area contributed by atoms with Gasteiger partial charge in [0.05, 0.1) is 5.92 Å². The summed E-state index contributed by atoms with van der Waals surface area (Å²) in [6, 6.07) is 0. The van der Waals surface area contributed by atoms with Crippen LogP contribution in [0, 0.1) is 11.3 Å². The first-order valence-electron chi connectivity index (χ1n) is 4.35. The predicted molar refractivity (Wildman–Crippen MR) is 47.8 cm³/mol. The molecular weight excluding hydrogens is 168 g/mol. The van der Waals surface area contributed by atoms with E-state index in [0.717, 1.165) is 6.29 Å². The third kappa shape index (κ3) is 1.64. The first kappa shape index (κ1) is 9.96. The van der Waals surface area contributed by atoms with Crippen LogP contribution >= 0.6 is 0 Å². The van der Waals surface area contributed by atoms with E-state index in [1.54, 1.807) is 0 Å². The van der Waals surface area contributed by atoms with E-state index in [-0.39, 0.29) is 17.3 Å². The van der Waals surface area contributed by atoms with Crippen molar-refractivity contribution in [2.24, 2.45) is 11.3 Å². The Hall–Kier alpha value is -1.12.